The second kappa shape index (κ2) is 10.3. The monoisotopic (exact) mass is 517 g/mol. The fraction of sp³-hybridized carbons (Fsp3) is 0.115. The van der Waals surface area contributed by atoms with Crippen molar-refractivity contribution in [2.75, 3.05) is 10.6 Å². The van der Waals surface area contributed by atoms with Crippen LogP contribution in [0.5, 0.6) is 0 Å². The van der Waals surface area contributed by atoms with Crippen LogP contribution in [0.25, 0.3) is 0 Å². The zero-order chi connectivity index (χ0) is 25.1. The van der Waals surface area contributed by atoms with Crippen LogP contribution in [0.4, 0.5) is 11.4 Å². The highest BCUT2D eigenvalue weighted by molar-refractivity contribution is 7.11. The summed E-state index contributed by atoms with van der Waals surface area (Å²) in [5, 5.41) is 8.19. The van der Waals surface area contributed by atoms with Crippen LogP contribution in [-0.2, 0) is 17.8 Å². The van der Waals surface area contributed by atoms with Crippen molar-refractivity contribution in [1.82, 2.24) is 14.9 Å². The lowest BCUT2D eigenvalue weighted by Gasteiger charge is -2.28. The van der Waals surface area contributed by atoms with Gasteiger partial charge in [-0.25, -0.2) is 4.98 Å². The molecule has 0 bridgehead atoms. The first-order chi connectivity index (χ1) is 17.5. The van der Waals surface area contributed by atoms with Crippen LogP contribution in [0, 0.1) is 0 Å². The maximum atomic E-state index is 13.6. The molecule has 0 saturated heterocycles. The van der Waals surface area contributed by atoms with Gasteiger partial charge in [0.25, 0.3) is 11.8 Å². The molecule has 0 saturated carbocycles. The molecule has 36 heavy (non-hydrogen) atoms. The molecule has 2 N–H and O–H groups in total. The number of rotatable bonds is 6. The molecule has 10 heteroatoms. The molecule has 4 aromatic rings. The van der Waals surface area contributed by atoms with Crippen molar-refractivity contribution in [2.24, 2.45) is 0 Å². The molecule has 2 aromatic carbocycles. The second-order valence-corrected chi connectivity index (χ2v) is 9.47. The normalized spacial score (nSPS) is 15.1. The van der Waals surface area contributed by atoms with Gasteiger partial charge in [0.2, 0.25) is 5.91 Å². The van der Waals surface area contributed by atoms with E-state index in [0.29, 0.717) is 32.7 Å². The summed E-state index contributed by atoms with van der Waals surface area (Å²) < 4.78 is 0. The van der Waals surface area contributed by atoms with Crippen LogP contribution in [0.2, 0.25) is 5.02 Å². The average molecular weight is 518 g/mol. The number of hydrogen-bond donors (Lipinski definition) is 2. The topological polar surface area (TPSA) is 104 Å². The van der Waals surface area contributed by atoms with Gasteiger partial charge in [0, 0.05) is 47.1 Å². The molecule has 8 nitrogen and oxygen atoms in total. The summed E-state index contributed by atoms with van der Waals surface area (Å²) in [5.74, 6) is -0.896. The smallest absolute Gasteiger partial charge is 0.284 e. The fourth-order valence-corrected chi connectivity index (χ4v) is 4.67. The van der Waals surface area contributed by atoms with Gasteiger partial charge in [-0.05, 0) is 48.0 Å². The first kappa shape index (κ1) is 23.7. The standard InChI is InChI=1S/C26H20ClN5O3S/c27-17-6-9-20-21(13-17)31-23(33)22(14-19-3-1-2-10-28-19)32(26(20)35)15-16-4-7-18(8-5-16)30-24(34)25-29-11-12-36-25/h1-13,22H,14-15H2,(H,30,34)(H,31,33). The SMILES string of the molecule is O=C(Nc1ccc(CN2C(=O)c3ccc(Cl)cc3NC(=O)C2Cc2ccccn2)cc1)c1nccs1. The number of carbonyl (C=O) groups excluding carboxylic acids is 3. The number of hydrogen-bond acceptors (Lipinski definition) is 6. The van der Waals surface area contributed by atoms with Crippen molar-refractivity contribution >= 4 is 52.0 Å². The molecule has 0 spiro atoms. The highest BCUT2D eigenvalue weighted by atomic mass is 35.5. The number of amides is 3. The van der Waals surface area contributed by atoms with E-state index in [1.807, 2.05) is 24.3 Å². The minimum absolute atomic E-state index is 0.187. The summed E-state index contributed by atoms with van der Waals surface area (Å²) in [5.41, 5.74) is 2.84. The van der Waals surface area contributed by atoms with Gasteiger partial charge in [-0.3, -0.25) is 19.4 Å². The number of anilines is 2. The van der Waals surface area contributed by atoms with Gasteiger partial charge in [-0.15, -0.1) is 11.3 Å². The van der Waals surface area contributed by atoms with Crippen molar-refractivity contribution in [1.29, 1.82) is 0 Å². The number of benzene rings is 2. The third-order valence-corrected chi connectivity index (χ3v) is 6.74. The van der Waals surface area contributed by atoms with E-state index in [1.54, 1.807) is 59.1 Å². The Bertz CT molecular complexity index is 1410. The molecule has 0 fully saturated rings. The molecule has 1 aliphatic heterocycles. The molecule has 3 amide bonds. The van der Waals surface area contributed by atoms with Crippen LogP contribution in [-0.4, -0.2) is 38.6 Å². The van der Waals surface area contributed by atoms with Gasteiger partial charge < -0.3 is 15.5 Å². The van der Waals surface area contributed by atoms with Crippen molar-refractivity contribution in [3.05, 3.63) is 105 Å². The molecule has 1 unspecified atom stereocenters. The predicted octanol–water partition coefficient (Wildman–Crippen LogP) is 4.65. The van der Waals surface area contributed by atoms with E-state index in [-0.39, 0.29) is 30.7 Å². The summed E-state index contributed by atoms with van der Waals surface area (Å²) >= 11 is 7.38. The number of nitrogens with zero attached hydrogens (tertiary/aromatic N) is 3. The summed E-state index contributed by atoms with van der Waals surface area (Å²) in [6.45, 7) is 0.187. The van der Waals surface area contributed by atoms with E-state index in [4.69, 9.17) is 11.6 Å². The second-order valence-electron chi connectivity index (χ2n) is 8.14. The Hall–Kier alpha value is -4.08. The Morgan fingerprint density at radius 2 is 1.89 bits per heavy atom. The number of pyridine rings is 1. The molecule has 3 heterocycles. The number of halogens is 1. The summed E-state index contributed by atoms with van der Waals surface area (Å²) in [7, 11) is 0. The quantitative estimate of drug-likeness (QED) is 0.387. The van der Waals surface area contributed by atoms with Crippen molar-refractivity contribution in [2.45, 2.75) is 19.0 Å². The van der Waals surface area contributed by atoms with Gasteiger partial charge in [0.1, 0.15) is 6.04 Å². The summed E-state index contributed by atoms with van der Waals surface area (Å²) in [6, 6.07) is 16.6. The predicted molar refractivity (Wildman–Crippen MR) is 138 cm³/mol. The molecular formula is C26H20ClN5O3S. The van der Waals surface area contributed by atoms with Gasteiger partial charge in [-0.1, -0.05) is 29.8 Å². The third-order valence-electron chi connectivity index (χ3n) is 5.73. The minimum atomic E-state index is -0.789. The molecule has 2 aromatic heterocycles. The first-order valence-corrected chi connectivity index (χ1v) is 12.3. The third kappa shape index (κ3) is 5.12. The van der Waals surface area contributed by atoms with Crippen LogP contribution in [0.1, 0.15) is 31.4 Å². The van der Waals surface area contributed by atoms with E-state index in [1.165, 1.54) is 11.3 Å². The van der Waals surface area contributed by atoms with E-state index in [0.717, 1.165) is 5.56 Å². The molecule has 180 valence electrons. The van der Waals surface area contributed by atoms with E-state index in [2.05, 4.69) is 20.6 Å². The Morgan fingerprint density at radius 3 is 2.61 bits per heavy atom. The van der Waals surface area contributed by atoms with Gasteiger partial charge >= 0.3 is 0 Å². The lowest BCUT2D eigenvalue weighted by Crippen LogP contribution is -2.46. The molecule has 0 radical (unpaired) electrons. The van der Waals surface area contributed by atoms with Crippen molar-refractivity contribution in [3.8, 4) is 0 Å². The van der Waals surface area contributed by atoms with Gasteiger partial charge in [-0.2, -0.15) is 0 Å². The van der Waals surface area contributed by atoms with E-state index in [9.17, 15) is 14.4 Å². The molecule has 5 rings (SSSR count). The molecule has 0 aliphatic carbocycles. The highest BCUT2D eigenvalue weighted by Gasteiger charge is 2.35. The first-order valence-electron chi connectivity index (χ1n) is 11.1. The van der Waals surface area contributed by atoms with Crippen molar-refractivity contribution < 1.29 is 14.4 Å². The maximum Gasteiger partial charge on any atom is 0.284 e. The zero-order valence-electron chi connectivity index (χ0n) is 18.8. The molecular weight excluding hydrogens is 498 g/mol. The number of aromatic nitrogens is 2. The minimum Gasteiger partial charge on any atom is -0.323 e. The number of fused-ring (bicyclic) bond motifs is 1. The molecule has 1 atom stereocenters. The Labute approximate surface area is 216 Å². The highest BCUT2D eigenvalue weighted by Crippen LogP contribution is 2.29. The average Bonchev–Trinajstić information content (AvgIpc) is 3.40. The van der Waals surface area contributed by atoms with Crippen LogP contribution < -0.4 is 10.6 Å². The molecule has 1 aliphatic rings. The number of thiazole rings is 1. The number of carbonyl (C=O) groups is 3. The summed E-state index contributed by atoms with van der Waals surface area (Å²) in [4.78, 5) is 49.1. The largest absolute Gasteiger partial charge is 0.323 e. The fourth-order valence-electron chi connectivity index (χ4n) is 3.97. The van der Waals surface area contributed by atoms with Crippen LogP contribution >= 0.6 is 22.9 Å². The zero-order valence-corrected chi connectivity index (χ0v) is 20.4. The van der Waals surface area contributed by atoms with E-state index >= 15 is 0 Å². The lowest BCUT2D eigenvalue weighted by atomic mass is 10.1. The van der Waals surface area contributed by atoms with Crippen LogP contribution in [0.15, 0.2) is 78.4 Å². The summed E-state index contributed by atoms with van der Waals surface area (Å²) in [6.07, 6.45) is 3.48. The lowest BCUT2D eigenvalue weighted by molar-refractivity contribution is -0.120. The van der Waals surface area contributed by atoms with E-state index < -0.39 is 6.04 Å². The Kier molecular flexibility index (Phi) is 6.75. The van der Waals surface area contributed by atoms with Gasteiger partial charge in [0.05, 0.1) is 11.3 Å². The Balaban J connectivity index is 1.42. The Morgan fingerprint density at radius 1 is 1.06 bits per heavy atom. The van der Waals surface area contributed by atoms with Crippen LogP contribution in [0.3, 0.4) is 0 Å². The van der Waals surface area contributed by atoms with Crippen molar-refractivity contribution in [3.63, 3.8) is 0 Å². The number of nitrogens with one attached hydrogen (secondary N) is 2. The van der Waals surface area contributed by atoms with Gasteiger partial charge in [0.15, 0.2) is 5.01 Å². The maximum absolute atomic E-state index is 13.6.